The Labute approximate surface area is 91.6 Å². The minimum atomic E-state index is -0.423. The standard InChI is InChI=1S/C11H22N2O2/c1-4-8(5-2)11(15)13(3)9-6-12-7-10(9)14/h8-10,12,14H,4-7H2,1-3H3/t9-,10-/m0/s1. The highest BCUT2D eigenvalue weighted by Gasteiger charge is 2.32. The number of nitrogens with zero attached hydrogens (tertiary/aromatic N) is 1. The minimum Gasteiger partial charge on any atom is -0.390 e. The number of likely N-dealkylation sites (N-methyl/N-ethyl adjacent to an activating group) is 1. The molecule has 15 heavy (non-hydrogen) atoms. The summed E-state index contributed by atoms with van der Waals surface area (Å²) in [5.74, 6) is 0.260. The van der Waals surface area contributed by atoms with Gasteiger partial charge in [-0.1, -0.05) is 13.8 Å². The van der Waals surface area contributed by atoms with E-state index < -0.39 is 6.10 Å². The summed E-state index contributed by atoms with van der Waals surface area (Å²) in [5, 5.41) is 12.8. The Hall–Kier alpha value is -0.610. The van der Waals surface area contributed by atoms with Crippen molar-refractivity contribution in [1.82, 2.24) is 10.2 Å². The van der Waals surface area contributed by atoms with Crippen LogP contribution in [0.5, 0.6) is 0 Å². The molecule has 88 valence electrons. The molecule has 0 bridgehead atoms. The normalized spacial score (nSPS) is 25.9. The minimum absolute atomic E-state index is 0.0573. The molecule has 0 aromatic heterocycles. The van der Waals surface area contributed by atoms with Crippen LogP contribution in [0.25, 0.3) is 0 Å². The van der Waals surface area contributed by atoms with E-state index in [0.717, 1.165) is 12.8 Å². The number of amides is 1. The van der Waals surface area contributed by atoms with E-state index in [1.54, 1.807) is 11.9 Å². The third kappa shape index (κ3) is 2.69. The molecule has 0 spiro atoms. The Morgan fingerprint density at radius 1 is 1.47 bits per heavy atom. The van der Waals surface area contributed by atoms with Crippen LogP contribution in [0.15, 0.2) is 0 Å². The van der Waals surface area contributed by atoms with E-state index in [0.29, 0.717) is 13.1 Å². The molecule has 4 nitrogen and oxygen atoms in total. The van der Waals surface area contributed by atoms with E-state index in [-0.39, 0.29) is 17.9 Å². The van der Waals surface area contributed by atoms with Crippen LogP contribution in [0.4, 0.5) is 0 Å². The Morgan fingerprint density at radius 2 is 2.07 bits per heavy atom. The first kappa shape index (κ1) is 12.5. The fourth-order valence-corrected chi connectivity index (χ4v) is 2.14. The smallest absolute Gasteiger partial charge is 0.225 e. The fourth-order valence-electron chi connectivity index (χ4n) is 2.14. The van der Waals surface area contributed by atoms with Crippen molar-refractivity contribution in [2.75, 3.05) is 20.1 Å². The highest BCUT2D eigenvalue weighted by atomic mass is 16.3. The van der Waals surface area contributed by atoms with Crippen LogP contribution >= 0.6 is 0 Å². The number of nitrogens with one attached hydrogen (secondary N) is 1. The molecule has 1 saturated heterocycles. The van der Waals surface area contributed by atoms with Gasteiger partial charge in [-0.05, 0) is 12.8 Å². The molecule has 0 radical (unpaired) electrons. The van der Waals surface area contributed by atoms with Crippen LogP contribution in [0.2, 0.25) is 0 Å². The van der Waals surface area contributed by atoms with Gasteiger partial charge >= 0.3 is 0 Å². The van der Waals surface area contributed by atoms with Gasteiger partial charge in [-0.25, -0.2) is 0 Å². The number of β-amino-alcohol motifs (C(OH)–C–C–N with tert-alkyl or cyclic N) is 1. The average molecular weight is 214 g/mol. The largest absolute Gasteiger partial charge is 0.390 e. The van der Waals surface area contributed by atoms with Crippen LogP contribution in [0.1, 0.15) is 26.7 Å². The van der Waals surface area contributed by atoms with Gasteiger partial charge in [0.25, 0.3) is 0 Å². The van der Waals surface area contributed by atoms with Gasteiger partial charge in [-0.3, -0.25) is 4.79 Å². The van der Waals surface area contributed by atoms with Crippen molar-refractivity contribution in [3.05, 3.63) is 0 Å². The van der Waals surface area contributed by atoms with Crippen LogP contribution in [0.3, 0.4) is 0 Å². The molecule has 1 aliphatic rings. The van der Waals surface area contributed by atoms with Crippen molar-refractivity contribution in [2.45, 2.75) is 38.8 Å². The molecule has 0 saturated carbocycles. The molecular weight excluding hydrogens is 192 g/mol. The van der Waals surface area contributed by atoms with Crippen molar-refractivity contribution >= 4 is 5.91 Å². The van der Waals surface area contributed by atoms with Crippen molar-refractivity contribution in [3.8, 4) is 0 Å². The van der Waals surface area contributed by atoms with E-state index in [2.05, 4.69) is 5.32 Å². The van der Waals surface area contributed by atoms with Gasteiger partial charge in [0.05, 0.1) is 12.1 Å². The molecule has 1 aliphatic heterocycles. The SMILES string of the molecule is CCC(CC)C(=O)N(C)[C@H]1CNC[C@@H]1O. The lowest BCUT2D eigenvalue weighted by molar-refractivity contribution is -0.137. The second-order valence-electron chi connectivity index (χ2n) is 4.26. The zero-order valence-corrected chi connectivity index (χ0v) is 9.86. The van der Waals surface area contributed by atoms with Crippen molar-refractivity contribution in [1.29, 1.82) is 0 Å². The number of carbonyl (C=O) groups is 1. The first-order valence-electron chi connectivity index (χ1n) is 5.77. The third-order valence-electron chi connectivity index (χ3n) is 3.33. The average Bonchev–Trinajstić information content (AvgIpc) is 2.65. The predicted octanol–water partition coefficient (Wildman–Crippen LogP) is 0.214. The topological polar surface area (TPSA) is 52.6 Å². The highest BCUT2D eigenvalue weighted by Crippen LogP contribution is 2.15. The van der Waals surface area contributed by atoms with Gasteiger partial charge in [0.15, 0.2) is 0 Å². The van der Waals surface area contributed by atoms with Crippen molar-refractivity contribution in [3.63, 3.8) is 0 Å². The summed E-state index contributed by atoms with van der Waals surface area (Å²) in [4.78, 5) is 13.7. The van der Waals surface area contributed by atoms with Crippen molar-refractivity contribution < 1.29 is 9.90 Å². The summed E-state index contributed by atoms with van der Waals surface area (Å²) >= 11 is 0. The predicted molar refractivity (Wildman–Crippen MR) is 59.5 cm³/mol. The summed E-state index contributed by atoms with van der Waals surface area (Å²) in [6.07, 6.45) is 1.32. The number of aliphatic hydroxyl groups is 1. The van der Waals surface area contributed by atoms with Gasteiger partial charge in [-0.15, -0.1) is 0 Å². The van der Waals surface area contributed by atoms with Crippen LogP contribution in [-0.4, -0.2) is 48.2 Å². The van der Waals surface area contributed by atoms with Gasteiger partial charge in [0, 0.05) is 26.1 Å². The molecule has 1 amide bonds. The first-order chi connectivity index (χ1) is 7.11. The van der Waals surface area contributed by atoms with E-state index in [1.807, 2.05) is 13.8 Å². The zero-order chi connectivity index (χ0) is 11.4. The molecule has 1 heterocycles. The highest BCUT2D eigenvalue weighted by molar-refractivity contribution is 5.78. The number of carbonyl (C=O) groups excluding carboxylic acids is 1. The number of rotatable bonds is 4. The van der Waals surface area contributed by atoms with Gasteiger partial charge < -0.3 is 15.3 Å². The number of aliphatic hydroxyl groups excluding tert-OH is 1. The molecule has 0 aromatic carbocycles. The monoisotopic (exact) mass is 214 g/mol. The summed E-state index contributed by atoms with van der Waals surface area (Å²) in [7, 11) is 1.79. The van der Waals surface area contributed by atoms with Crippen LogP contribution in [-0.2, 0) is 4.79 Å². The van der Waals surface area contributed by atoms with E-state index >= 15 is 0 Å². The summed E-state index contributed by atoms with van der Waals surface area (Å²) in [6.45, 7) is 5.35. The molecule has 0 aliphatic carbocycles. The maximum absolute atomic E-state index is 12.0. The summed E-state index contributed by atoms with van der Waals surface area (Å²) in [6, 6.07) is -0.0573. The van der Waals surface area contributed by atoms with Gasteiger partial charge in [-0.2, -0.15) is 0 Å². The Morgan fingerprint density at radius 3 is 2.47 bits per heavy atom. The van der Waals surface area contributed by atoms with Crippen LogP contribution < -0.4 is 5.32 Å². The van der Waals surface area contributed by atoms with Gasteiger partial charge in [0.1, 0.15) is 0 Å². The lowest BCUT2D eigenvalue weighted by Crippen LogP contribution is -2.46. The molecule has 1 fully saturated rings. The molecular formula is C11H22N2O2. The Balaban J connectivity index is 2.58. The van der Waals surface area contributed by atoms with Gasteiger partial charge in [0.2, 0.25) is 5.91 Å². The quantitative estimate of drug-likeness (QED) is 0.703. The third-order valence-corrected chi connectivity index (χ3v) is 3.33. The number of hydrogen-bond acceptors (Lipinski definition) is 3. The maximum Gasteiger partial charge on any atom is 0.225 e. The fraction of sp³-hybridized carbons (Fsp3) is 0.909. The second-order valence-corrected chi connectivity index (χ2v) is 4.26. The molecule has 0 aromatic rings. The Kier molecular flexibility index (Phi) is 4.54. The van der Waals surface area contributed by atoms with E-state index in [9.17, 15) is 9.90 Å². The second kappa shape index (κ2) is 5.47. The van der Waals surface area contributed by atoms with Crippen LogP contribution in [0, 0.1) is 5.92 Å². The lowest BCUT2D eigenvalue weighted by Gasteiger charge is -2.29. The molecule has 0 unspecified atom stereocenters. The Bertz CT molecular complexity index is 217. The number of hydrogen-bond donors (Lipinski definition) is 2. The molecule has 2 N–H and O–H groups in total. The molecule has 2 atom stereocenters. The molecule has 1 rings (SSSR count). The van der Waals surface area contributed by atoms with E-state index in [4.69, 9.17) is 0 Å². The van der Waals surface area contributed by atoms with Crippen molar-refractivity contribution in [2.24, 2.45) is 5.92 Å². The lowest BCUT2D eigenvalue weighted by atomic mass is 10.0. The molecule has 4 heteroatoms. The summed E-state index contributed by atoms with van der Waals surface area (Å²) in [5.41, 5.74) is 0. The van der Waals surface area contributed by atoms with E-state index in [1.165, 1.54) is 0 Å². The first-order valence-corrected chi connectivity index (χ1v) is 5.77. The summed E-state index contributed by atoms with van der Waals surface area (Å²) < 4.78 is 0. The maximum atomic E-state index is 12.0. The zero-order valence-electron chi connectivity index (χ0n) is 9.86.